The highest BCUT2D eigenvalue weighted by Gasteiger charge is 2.35. The highest BCUT2D eigenvalue weighted by molar-refractivity contribution is 6.01. The van der Waals surface area contributed by atoms with E-state index in [1.54, 1.807) is 12.1 Å². The van der Waals surface area contributed by atoms with Gasteiger partial charge in [-0.3, -0.25) is 9.78 Å². The van der Waals surface area contributed by atoms with Gasteiger partial charge in [0, 0.05) is 36.0 Å². The molecule has 7 nitrogen and oxygen atoms in total. The van der Waals surface area contributed by atoms with Gasteiger partial charge in [0.1, 0.15) is 11.5 Å². The number of alkyl halides is 3. The Kier molecular flexibility index (Phi) is 5.74. The number of carbonyl (C=O) groups is 1. The van der Waals surface area contributed by atoms with Gasteiger partial charge in [0.05, 0.1) is 17.1 Å². The molecule has 4 aromatic rings. The third kappa shape index (κ3) is 4.79. The Bertz CT molecular complexity index is 1330. The highest BCUT2D eigenvalue weighted by Crippen LogP contribution is 2.31. The molecule has 0 amide bonds. The van der Waals surface area contributed by atoms with Gasteiger partial charge in [0.15, 0.2) is 5.78 Å². The van der Waals surface area contributed by atoms with Crippen LogP contribution in [0, 0.1) is 0 Å². The van der Waals surface area contributed by atoms with Gasteiger partial charge in [-0.1, -0.05) is 30.3 Å². The number of Topliss-reactive ketones (excluding diaryl/α,β-unsaturated/α-hetero) is 1. The second kappa shape index (κ2) is 8.65. The molecule has 0 aliphatic rings. The third-order valence-corrected chi connectivity index (χ3v) is 4.79. The average Bonchev–Trinajstić information content (AvgIpc) is 2.79. The number of nitrogens with two attached hydrogens (primary N) is 2. The molecule has 4 rings (SSSR count). The van der Waals surface area contributed by atoms with Crippen molar-refractivity contribution in [2.24, 2.45) is 0 Å². The maximum absolute atomic E-state index is 13.1. The maximum Gasteiger partial charge on any atom is 0.451 e. The van der Waals surface area contributed by atoms with Gasteiger partial charge in [-0.15, -0.1) is 0 Å². The number of nitrogen functional groups attached to an aromatic ring is 2. The Hall–Kier alpha value is -4.34. The number of hydrogen-bond donors (Lipinski definition) is 2. The number of anilines is 2. The molecule has 3 aromatic heterocycles. The number of benzene rings is 1. The van der Waals surface area contributed by atoms with Gasteiger partial charge in [-0.2, -0.15) is 13.2 Å². The molecule has 0 fully saturated rings. The van der Waals surface area contributed by atoms with E-state index in [1.165, 1.54) is 24.5 Å². The normalized spacial score (nSPS) is 11.4. The Morgan fingerprint density at radius 3 is 2.39 bits per heavy atom. The van der Waals surface area contributed by atoms with Crippen LogP contribution in [0.15, 0.2) is 67.0 Å². The summed E-state index contributed by atoms with van der Waals surface area (Å²) in [6.45, 7) is 0. The van der Waals surface area contributed by atoms with Crippen molar-refractivity contribution in [2.75, 3.05) is 11.5 Å². The van der Waals surface area contributed by atoms with Crippen LogP contribution < -0.4 is 11.5 Å². The van der Waals surface area contributed by atoms with E-state index in [4.69, 9.17) is 11.5 Å². The van der Waals surface area contributed by atoms with Crippen LogP contribution in [-0.2, 0) is 12.6 Å². The van der Waals surface area contributed by atoms with Crippen molar-refractivity contribution in [2.45, 2.75) is 12.6 Å². The summed E-state index contributed by atoms with van der Waals surface area (Å²) in [5.41, 5.74) is 13.7. The standard InChI is InChI=1S/C23H17F3N6O/c24-23(25,26)22-31-18(11-20(28)32-22)15-8-9-29-12-14(15)10-19(33)21-16(27)6-7-17(30-21)13-4-2-1-3-5-13/h1-9,11-12H,10,27H2,(H2,28,31,32). The van der Waals surface area contributed by atoms with Crippen LogP contribution in [0.1, 0.15) is 21.9 Å². The van der Waals surface area contributed by atoms with E-state index in [1.807, 2.05) is 30.3 Å². The van der Waals surface area contributed by atoms with Gasteiger partial charge < -0.3 is 11.5 Å². The summed E-state index contributed by atoms with van der Waals surface area (Å²) in [7, 11) is 0. The smallest absolute Gasteiger partial charge is 0.397 e. The molecule has 0 atom stereocenters. The average molecular weight is 450 g/mol. The lowest BCUT2D eigenvalue weighted by Gasteiger charge is -2.12. The van der Waals surface area contributed by atoms with Gasteiger partial charge >= 0.3 is 6.18 Å². The van der Waals surface area contributed by atoms with Crippen molar-refractivity contribution in [3.05, 3.63) is 84.1 Å². The second-order valence-electron chi connectivity index (χ2n) is 7.13. The lowest BCUT2D eigenvalue weighted by Crippen LogP contribution is -2.14. The fourth-order valence-corrected chi connectivity index (χ4v) is 3.27. The first-order valence-electron chi connectivity index (χ1n) is 9.72. The molecule has 0 aliphatic heterocycles. The highest BCUT2D eigenvalue weighted by atomic mass is 19.4. The molecular weight excluding hydrogens is 433 g/mol. The van der Waals surface area contributed by atoms with Crippen LogP contribution in [0.5, 0.6) is 0 Å². The number of nitrogens with zero attached hydrogens (tertiary/aromatic N) is 4. The zero-order chi connectivity index (χ0) is 23.6. The summed E-state index contributed by atoms with van der Waals surface area (Å²) >= 11 is 0. The molecule has 0 spiro atoms. The van der Waals surface area contributed by atoms with Crippen molar-refractivity contribution in [3.8, 4) is 22.5 Å². The van der Waals surface area contributed by atoms with Crippen LogP contribution >= 0.6 is 0 Å². The molecule has 0 radical (unpaired) electrons. The predicted octanol–water partition coefficient (Wildman–Crippen LogP) is 4.21. The van der Waals surface area contributed by atoms with E-state index in [0.717, 1.165) is 5.56 Å². The zero-order valence-corrected chi connectivity index (χ0v) is 17.0. The zero-order valence-electron chi connectivity index (χ0n) is 17.0. The van der Waals surface area contributed by atoms with Crippen LogP contribution in [0.3, 0.4) is 0 Å². The second-order valence-corrected chi connectivity index (χ2v) is 7.13. The van der Waals surface area contributed by atoms with E-state index >= 15 is 0 Å². The Balaban J connectivity index is 1.70. The quantitative estimate of drug-likeness (QED) is 0.437. The molecule has 0 aliphatic carbocycles. The monoisotopic (exact) mass is 450 g/mol. The van der Waals surface area contributed by atoms with E-state index in [9.17, 15) is 18.0 Å². The number of pyridine rings is 2. The van der Waals surface area contributed by atoms with E-state index in [0.29, 0.717) is 11.3 Å². The van der Waals surface area contributed by atoms with Crippen molar-refractivity contribution in [1.29, 1.82) is 0 Å². The number of aromatic nitrogens is 4. The van der Waals surface area contributed by atoms with Crippen LogP contribution in [0.25, 0.3) is 22.5 Å². The van der Waals surface area contributed by atoms with Gasteiger partial charge in [0.25, 0.3) is 0 Å². The molecule has 0 unspecified atom stereocenters. The van der Waals surface area contributed by atoms with Crippen molar-refractivity contribution in [1.82, 2.24) is 19.9 Å². The third-order valence-electron chi connectivity index (χ3n) is 4.79. The topological polar surface area (TPSA) is 121 Å². The summed E-state index contributed by atoms with van der Waals surface area (Å²) in [4.78, 5) is 28.3. The summed E-state index contributed by atoms with van der Waals surface area (Å²) in [5, 5.41) is 0. The largest absolute Gasteiger partial charge is 0.451 e. The number of rotatable bonds is 5. The number of carbonyl (C=O) groups excluding carboxylic acids is 1. The van der Waals surface area contributed by atoms with Crippen molar-refractivity contribution < 1.29 is 18.0 Å². The predicted molar refractivity (Wildman–Crippen MR) is 117 cm³/mol. The van der Waals surface area contributed by atoms with Crippen molar-refractivity contribution >= 4 is 17.3 Å². The van der Waals surface area contributed by atoms with Crippen LogP contribution in [-0.4, -0.2) is 25.7 Å². The first-order valence-corrected chi connectivity index (χ1v) is 9.72. The van der Waals surface area contributed by atoms with Crippen LogP contribution in [0.2, 0.25) is 0 Å². The fourth-order valence-electron chi connectivity index (χ4n) is 3.27. The Labute approximate surface area is 186 Å². The molecule has 0 saturated heterocycles. The minimum absolute atomic E-state index is 0.0596. The van der Waals surface area contributed by atoms with Crippen molar-refractivity contribution in [3.63, 3.8) is 0 Å². The molecule has 4 N–H and O–H groups in total. The van der Waals surface area contributed by atoms with E-state index in [-0.39, 0.29) is 34.9 Å². The summed E-state index contributed by atoms with van der Waals surface area (Å²) in [5.74, 6) is -2.13. The molecule has 10 heteroatoms. The minimum Gasteiger partial charge on any atom is -0.397 e. The lowest BCUT2D eigenvalue weighted by molar-refractivity contribution is -0.144. The summed E-state index contributed by atoms with van der Waals surface area (Å²) in [6, 6.07) is 15.2. The molecule has 0 bridgehead atoms. The molecular formula is C23H17F3N6O. The molecule has 0 saturated carbocycles. The summed E-state index contributed by atoms with van der Waals surface area (Å²) < 4.78 is 39.4. The van der Waals surface area contributed by atoms with Gasteiger partial charge in [0.2, 0.25) is 5.82 Å². The Morgan fingerprint density at radius 1 is 0.909 bits per heavy atom. The molecule has 166 valence electrons. The summed E-state index contributed by atoms with van der Waals surface area (Å²) in [6.07, 6.45) is -2.21. The molecule has 1 aromatic carbocycles. The maximum atomic E-state index is 13.1. The number of halogens is 3. The van der Waals surface area contributed by atoms with Gasteiger partial charge in [-0.05, 0) is 23.8 Å². The number of hydrogen-bond acceptors (Lipinski definition) is 7. The fraction of sp³-hybridized carbons (Fsp3) is 0.0870. The Morgan fingerprint density at radius 2 is 1.67 bits per heavy atom. The molecule has 3 heterocycles. The first-order chi connectivity index (χ1) is 15.7. The number of ketones is 1. The van der Waals surface area contributed by atoms with E-state index in [2.05, 4.69) is 19.9 Å². The van der Waals surface area contributed by atoms with Crippen LogP contribution in [0.4, 0.5) is 24.7 Å². The minimum atomic E-state index is -4.77. The van der Waals surface area contributed by atoms with E-state index < -0.39 is 17.8 Å². The molecule has 33 heavy (non-hydrogen) atoms. The van der Waals surface area contributed by atoms with Gasteiger partial charge in [-0.25, -0.2) is 15.0 Å². The SMILES string of the molecule is Nc1cc(-c2ccncc2CC(=O)c2nc(-c3ccccc3)ccc2N)nc(C(F)(F)F)n1. The lowest BCUT2D eigenvalue weighted by atomic mass is 9.99. The first kappa shape index (κ1) is 21.9.